The van der Waals surface area contributed by atoms with Crippen LogP contribution in [0.1, 0.15) is 5.56 Å². The molecule has 0 heterocycles. The van der Waals surface area contributed by atoms with Crippen LogP contribution in [-0.4, -0.2) is 41.3 Å². The predicted octanol–water partition coefficient (Wildman–Crippen LogP) is 2.25. The first-order chi connectivity index (χ1) is 12.3. The summed E-state index contributed by atoms with van der Waals surface area (Å²) in [5.74, 6) is 0.0524. The molecule has 0 aliphatic heterocycles. The van der Waals surface area contributed by atoms with Crippen LogP contribution < -0.4 is 14.4 Å². The van der Waals surface area contributed by atoms with Gasteiger partial charge in [-0.15, -0.1) is 0 Å². The molecular formula is C18H22N2O5S. The highest BCUT2D eigenvalue weighted by Gasteiger charge is 2.21. The van der Waals surface area contributed by atoms with Crippen LogP contribution in [-0.2, 0) is 26.2 Å². The minimum absolute atomic E-state index is 0.347. The highest BCUT2D eigenvalue weighted by molar-refractivity contribution is 7.92. The number of ether oxygens (including phenoxy) is 2. The van der Waals surface area contributed by atoms with Crippen LogP contribution in [0, 0.1) is 0 Å². The third kappa shape index (κ3) is 5.47. The lowest BCUT2D eigenvalue weighted by Gasteiger charge is -2.22. The molecule has 0 atom stereocenters. The lowest BCUT2D eigenvalue weighted by molar-refractivity contribution is -0.114. The molecule has 7 nitrogen and oxygen atoms in total. The van der Waals surface area contributed by atoms with Crippen molar-refractivity contribution >= 4 is 27.3 Å². The lowest BCUT2D eigenvalue weighted by atomic mass is 10.2. The Hall–Kier alpha value is -2.58. The van der Waals surface area contributed by atoms with Crippen LogP contribution in [0.15, 0.2) is 48.5 Å². The van der Waals surface area contributed by atoms with Crippen molar-refractivity contribution in [3.05, 3.63) is 54.1 Å². The maximum atomic E-state index is 12.4. The number of nitrogens with zero attached hydrogens (tertiary/aromatic N) is 1. The minimum Gasteiger partial charge on any atom is -0.497 e. The number of hydrogen-bond donors (Lipinski definition) is 1. The third-order valence-corrected chi connectivity index (χ3v) is 4.69. The number of nitrogens with one attached hydrogen (secondary N) is 1. The van der Waals surface area contributed by atoms with Gasteiger partial charge in [0.25, 0.3) is 0 Å². The van der Waals surface area contributed by atoms with Crippen molar-refractivity contribution in [1.82, 2.24) is 0 Å². The van der Waals surface area contributed by atoms with Crippen LogP contribution >= 0.6 is 0 Å². The summed E-state index contributed by atoms with van der Waals surface area (Å²) in [6.07, 6.45) is 1.05. The average molecular weight is 378 g/mol. The van der Waals surface area contributed by atoms with Gasteiger partial charge in [-0.25, -0.2) is 8.42 Å². The second-order valence-corrected chi connectivity index (χ2v) is 7.56. The molecule has 0 saturated carbocycles. The molecule has 0 aliphatic rings. The van der Waals surface area contributed by atoms with Crippen LogP contribution in [0.3, 0.4) is 0 Å². The number of sulfonamides is 1. The van der Waals surface area contributed by atoms with Crippen molar-refractivity contribution in [1.29, 1.82) is 0 Å². The Kier molecular flexibility index (Phi) is 6.59. The highest BCUT2D eigenvalue weighted by atomic mass is 32.2. The predicted molar refractivity (Wildman–Crippen MR) is 101 cm³/mol. The smallest absolute Gasteiger partial charge is 0.245 e. The summed E-state index contributed by atoms with van der Waals surface area (Å²) in [4.78, 5) is 12.4. The zero-order valence-corrected chi connectivity index (χ0v) is 15.7. The standard InChI is InChI=1S/C18H22N2O5S/c1-24-13-14-6-4-7-15(10-14)19-18(21)12-20(26(3,22)23)16-8-5-9-17(11-16)25-2/h4-11H,12-13H2,1-3H3,(H,19,21). The third-order valence-electron chi connectivity index (χ3n) is 3.55. The largest absolute Gasteiger partial charge is 0.497 e. The summed E-state index contributed by atoms with van der Waals surface area (Å²) < 4.78 is 35.5. The van der Waals surface area contributed by atoms with Crippen molar-refractivity contribution < 1.29 is 22.7 Å². The van der Waals surface area contributed by atoms with Crippen molar-refractivity contribution in [3.8, 4) is 5.75 Å². The number of benzene rings is 2. The summed E-state index contributed by atoms with van der Waals surface area (Å²) >= 11 is 0. The van der Waals surface area contributed by atoms with Gasteiger partial charge in [0.1, 0.15) is 12.3 Å². The molecule has 0 saturated heterocycles. The van der Waals surface area contributed by atoms with Crippen molar-refractivity contribution in [2.24, 2.45) is 0 Å². The van der Waals surface area contributed by atoms with E-state index < -0.39 is 15.9 Å². The van der Waals surface area contributed by atoms with Crippen LogP contribution in [0.4, 0.5) is 11.4 Å². The second kappa shape index (κ2) is 8.68. The van der Waals surface area contributed by atoms with E-state index in [0.717, 1.165) is 16.1 Å². The molecular weight excluding hydrogens is 356 g/mol. The molecule has 2 aromatic carbocycles. The van der Waals surface area contributed by atoms with E-state index in [0.29, 0.717) is 23.7 Å². The van der Waals surface area contributed by atoms with Gasteiger partial charge in [0.2, 0.25) is 15.9 Å². The summed E-state index contributed by atoms with van der Waals surface area (Å²) in [5.41, 5.74) is 1.83. The molecule has 1 N–H and O–H groups in total. The zero-order valence-electron chi connectivity index (χ0n) is 14.9. The zero-order chi connectivity index (χ0) is 19.2. The molecule has 1 amide bonds. The minimum atomic E-state index is -3.65. The maximum Gasteiger partial charge on any atom is 0.245 e. The molecule has 0 aliphatic carbocycles. The van der Waals surface area contributed by atoms with Crippen molar-refractivity contribution in [2.45, 2.75) is 6.61 Å². The van der Waals surface area contributed by atoms with Crippen LogP contribution in [0.2, 0.25) is 0 Å². The first kappa shape index (κ1) is 19.7. The molecule has 0 aromatic heterocycles. The lowest BCUT2D eigenvalue weighted by Crippen LogP contribution is -2.37. The monoisotopic (exact) mass is 378 g/mol. The van der Waals surface area contributed by atoms with E-state index in [1.807, 2.05) is 6.07 Å². The fraction of sp³-hybridized carbons (Fsp3) is 0.278. The van der Waals surface area contributed by atoms with Gasteiger partial charge in [-0.3, -0.25) is 9.10 Å². The summed E-state index contributed by atoms with van der Waals surface area (Å²) in [6, 6.07) is 13.7. The normalized spacial score (nSPS) is 11.0. The number of hydrogen-bond acceptors (Lipinski definition) is 5. The SMILES string of the molecule is COCc1cccc(NC(=O)CN(c2cccc(OC)c2)S(C)(=O)=O)c1. The molecule has 0 fully saturated rings. The average Bonchev–Trinajstić information content (AvgIpc) is 2.59. The second-order valence-electron chi connectivity index (χ2n) is 5.65. The molecule has 2 aromatic rings. The number of rotatable bonds is 8. The van der Waals surface area contributed by atoms with Gasteiger partial charge in [0, 0.05) is 18.9 Å². The Balaban J connectivity index is 2.18. The number of carbonyl (C=O) groups excluding carboxylic acids is 1. The highest BCUT2D eigenvalue weighted by Crippen LogP contribution is 2.23. The molecule has 0 unspecified atom stereocenters. The topological polar surface area (TPSA) is 84.9 Å². The van der Waals surface area contributed by atoms with E-state index in [4.69, 9.17) is 9.47 Å². The van der Waals surface area contributed by atoms with Gasteiger partial charge in [0.15, 0.2) is 0 Å². The van der Waals surface area contributed by atoms with Crippen molar-refractivity contribution in [3.63, 3.8) is 0 Å². The Labute approximate surface area is 153 Å². The van der Waals surface area contributed by atoms with Gasteiger partial charge in [-0.2, -0.15) is 0 Å². The summed E-state index contributed by atoms with van der Waals surface area (Å²) in [7, 11) is -0.574. The number of carbonyl (C=O) groups is 1. The van der Waals surface area contributed by atoms with E-state index >= 15 is 0 Å². The molecule has 0 bridgehead atoms. The number of amides is 1. The molecule has 2 rings (SSSR count). The van der Waals surface area contributed by atoms with E-state index in [1.165, 1.54) is 7.11 Å². The van der Waals surface area contributed by atoms with Gasteiger partial charge >= 0.3 is 0 Å². The first-order valence-corrected chi connectivity index (χ1v) is 9.68. The summed E-state index contributed by atoms with van der Waals surface area (Å²) in [5, 5.41) is 2.71. The van der Waals surface area contributed by atoms with Gasteiger partial charge < -0.3 is 14.8 Å². The fourth-order valence-corrected chi connectivity index (χ4v) is 3.25. The van der Waals surface area contributed by atoms with Crippen LogP contribution in [0.5, 0.6) is 5.75 Å². The Morgan fingerprint density at radius 1 is 1.12 bits per heavy atom. The number of methoxy groups -OCH3 is 2. The molecule has 8 heteroatoms. The Bertz CT molecular complexity index is 867. The van der Waals surface area contributed by atoms with E-state index in [2.05, 4.69) is 5.32 Å². The molecule has 26 heavy (non-hydrogen) atoms. The van der Waals surface area contributed by atoms with Gasteiger partial charge in [-0.1, -0.05) is 18.2 Å². The van der Waals surface area contributed by atoms with Crippen molar-refractivity contribution in [2.75, 3.05) is 36.6 Å². The Morgan fingerprint density at radius 3 is 2.50 bits per heavy atom. The van der Waals surface area contributed by atoms with Crippen LogP contribution in [0.25, 0.3) is 0 Å². The fourth-order valence-electron chi connectivity index (χ4n) is 2.40. The molecule has 0 spiro atoms. The van der Waals surface area contributed by atoms with E-state index in [-0.39, 0.29) is 6.54 Å². The number of anilines is 2. The van der Waals surface area contributed by atoms with Gasteiger partial charge in [-0.05, 0) is 29.8 Å². The quantitative estimate of drug-likeness (QED) is 0.762. The molecule has 0 radical (unpaired) electrons. The molecule has 140 valence electrons. The first-order valence-electron chi connectivity index (χ1n) is 7.83. The Morgan fingerprint density at radius 2 is 1.85 bits per heavy atom. The maximum absolute atomic E-state index is 12.4. The van der Waals surface area contributed by atoms with E-state index in [9.17, 15) is 13.2 Å². The van der Waals surface area contributed by atoms with Gasteiger partial charge in [0.05, 0.1) is 25.7 Å². The van der Waals surface area contributed by atoms with E-state index in [1.54, 1.807) is 49.6 Å². The summed E-state index contributed by atoms with van der Waals surface area (Å²) in [6.45, 7) is 0.0729.